The molecular weight excluding hydrogens is 619 g/mol. The lowest BCUT2D eigenvalue weighted by atomic mass is 9.98. The monoisotopic (exact) mass is 654 g/mol. The van der Waals surface area contributed by atoms with Gasteiger partial charge >= 0.3 is 6.09 Å². The molecule has 0 saturated carbocycles. The molecule has 1 aromatic heterocycles. The molecule has 5 N–H and O–H groups in total. The Hall–Kier alpha value is -4.26. The van der Waals surface area contributed by atoms with Crippen LogP contribution in [0, 0.1) is 0 Å². The van der Waals surface area contributed by atoms with Crippen molar-refractivity contribution in [3.8, 4) is 11.3 Å². The Morgan fingerprint density at radius 1 is 1.11 bits per heavy atom. The lowest BCUT2D eigenvalue weighted by Crippen LogP contribution is -2.60. The van der Waals surface area contributed by atoms with E-state index in [1.54, 1.807) is 34.0 Å². The standard InChI is InChI=1S/C31H36Cl2N8O4/c1-45-31(44)38-12-13-39-22-7-5-6-20(14-22)25(8-3-2-4-11-36-30(43)27(39)17-38)40-19-37-24(16-29(40)42)23-15-21(32)9-10-26(23)41(35)18-28(33)34/h5-7,9-10,14-16,18-19,25,27H,2-4,8,11-13,17,34-35H2,1H3,(H,36,43)/b28-18-. The first kappa shape index (κ1) is 32.1. The van der Waals surface area contributed by atoms with Crippen LogP contribution in [0.3, 0.4) is 0 Å². The van der Waals surface area contributed by atoms with Crippen molar-refractivity contribution in [3.05, 3.63) is 87.2 Å². The number of carbonyl (C=O) groups is 2. The Bertz CT molecular complexity index is 1640. The molecule has 0 aliphatic carbocycles. The van der Waals surface area contributed by atoms with Gasteiger partial charge in [-0.3, -0.25) is 19.2 Å². The van der Waals surface area contributed by atoms with E-state index >= 15 is 0 Å². The molecule has 2 aromatic carbocycles. The molecule has 14 heteroatoms. The average molecular weight is 656 g/mol. The number of aromatic nitrogens is 2. The summed E-state index contributed by atoms with van der Waals surface area (Å²) in [5.74, 6) is 6.03. The smallest absolute Gasteiger partial charge is 0.409 e. The van der Waals surface area contributed by atoms with Gasteiger partial charge in [-0.1, -0.05) is 48.2 Å². The van der Waals surface area contributed by atoms with Crippen molar-refractivity contribution in [2.75, 3.05) is 43.2 Å². The molecule has 2 aliphatic rings. The summed E-state index contributed by atoms with van der Waals surface area (Å²) in [5, 5.41) is 4.72. The third kappa shape index (κ3) is 7.35. The zero-order valence-corrected chi connectivity index (χ0v) is 26.4. The highest BCUT2D eigenvalue weighted by atomic mass is 35.5. The number of hydrogen-bond acceptors (Lipinski definition) is 9. The van der Waals surface area contributed by atoms with Crippen LogP contribution in [0.5, 0.6) is 0 Å². The molecule has 1 fully saturated rings. The first-order valence-electron chi connectivity index (χ1n) is 14.7. The number of methoxy groups -OCH3 is 1. The Kier molecular flexibility index (Phi) is 10.2. The molecule has 2 unspecified atom stereocenters. The summed E-state index contributed by atoms with van der Waals surface area (Å²) in [6.07, 6.45) is 5.59. The molecule has 45 heavy (non-hydrogen) atoms. The quantitative estimate of drug-likeness (QED) is 0.217. The molecule has 12 nitrogen and oxygen atoms in total. The van der Waals surface area contributed by atoms with Gasteiger partial charge in [-0.05, 0) is 48.7 Å². The van der Waals surface area contributed by atoms with E-state index in [0.29, 0.717) is 48.0 Å². The summed E-state index contributed by atoms with van der Waals surface area (Å²) in [6.45, 7) is 1.58. The van der Waals surface area contributed by atoms with Gasteiger partial charge in [0.25, 0.3) is 5.56 Å². The predicted octanol–water partition coefficient (Wildman–Crippen LogP) is 3.78. The van der Waals surface area contributed by atoms with Crippen LogP contribution in [0.25, 0.3) is 11.3 Å². The number of anilines is 2. The highest BCUT2D eigenvalue weighted by molar-refractivity contribution is 6.31. The zero-order valence-electron chi connectivity index (χ0n) is 24.9. The first-order valence-corrected chi connectivity index (χ1v) is 15.4. The molecule has 2 atom stereocenters. The van der Waals surface area contributed by atoms with Crippen molar-refractivity contribution in [1.82, 2.24) is 19.8 Å². The van der Waals surface area contributed by atoms with Crippen molar-refractivity contribution >= 4 is 46.6 Å². The molecule has 1 saturated heterocycles. The number of nitrogens with zero attached hydrogens (tertiary/aromatic N) is 5. The second kappa shape index (κ2) is 14.2. The van der Waals surface area contributed by atoms with E-state index in [0.717, 1.165) is 30.5 Å². The molecule has 238 valence electrons. The number of rotatable bonds is 4. The van der Waals surface area contributed by atoms with Gasteiger partial charge in [0.05, 0.1) is 43.6 Å². The minimum absolute atomic E-state index is 0.0148. The molecule has 2 aliphatic heterocycles. The van der Waals surface area contributed by atoms with Gasteiger partial charge in [0.2, 0.25) is 5.91 Å². The van der Waals surface area contributed by atoms with Gasteiger partial charge < -0.3 is 25.6 Å². The fraction of sp³-hybridized carbons (Fsp3) is 0.355. The van der Waals surface area contributed by atoms with E-state index in [1.165, 1.54) is 24.4 Å². The fourth-order valence-corrected chi connectivity index (χ4v) is 6.17. The van der Waals surface area contributed by atoms with Crippen LogP contribution in [-0.2, 0) is 9.53 Å². The molecule has 0 spiro atoms. The molecule has 5 rings (SSSR count). The molecule has 2 amide bonds. The summed E-state index contributed by atoms with van der Waals surface area (Å²) in [5.41, 5.74) is 8.54. The van der Waals surface area contributed by atoms with Crippen molar-refractivity contribution in [2.24, 2.45) is 11.6 Å². The molecule has 3 aromatic rings. The van der Waals surface area contributed by atoms with E-state index in [-0.39, 0.29) is 29.2 Å². The Labute approximate surface area is 271 Å². The van der Waals surface area contributed by atoms with Crippen LogP contribution in [0.4, 0.5) is 16.2 Å². The number of hydrogen-bond donors (Lipinski definition) is 3. The third-order valence-electron chi connectivity index (χ3n) is 8.10. The second-order valence-electron chi connectivity index (χ2n) is 11.0. The van der Waals surface area contributed by atoms with Crippen LogP contribution in [0.15, 0.2) is 71.0 Å². The topological polar surface area (TPSA) is 152 Å². The summed E-state index contributed by atoms with van der Waals surface area (Å²) < 4.78 is 6.56. The van der Waals surface area contributed by atoms with Gasteiger partial charge in [0.15, 0.2) is 0 Å². The van der Waals surface area contributed by atoms with Gasteiger partial charge in [-0.2, -0.15) is 0 Å². The minimum atomic E-state index is -0.589. The van der Waals surface area contributed by atoms with E-state index in [9.17, 15) is 14.4 Å². The summed E-state index contributed by atoms with van der Waals surface area (Å²) in [6, 6.07) is 13.5. The number of amides is 2. The minimum Gasteiger partial charge on any atom is -0.453 e. The highest BCUT2D eigenvalue weighted by Gasteiger charge is 2.35. The Morgan fingerprint density at radius 2 is 1.93 bits per heavy atom. The number of hydrazine groups is 1. The Balaban J connectivity index is 1.52. The van der Waals surface area contributed by atoms with Gasteiger partial charge in [-0.25, -0.2) is 15.6 Å². The van der Waals surface area contributed by atoms with E-state index in [2.05, 4.69) is 10.3 Å². The van der Waals surface area contributed by atoms with E-state index in [1.807, 2.05) is 29.2 Å². The summed E-state index contributed by atoms with van der Waals surface area (Å²) in [4.78, 5) is 47.6. The van der Waals surface area contributed by atoms with Crippen molar-refractivity contribution < 1.29 is 14.3 Å². The highest BCUT2D eigenvalue weighted by Crippen LogP contribution is 2.33. The number of fused-ring (bicyclic) bond motifs is 4. The largest absolute Gasteiger partial charge is 0.453 e. The molecule has 2 bridgehead atoms. The molecule has 0 radical (unpaired) electrons. The maximum absolute atomic E-state index is 13.8. The summed E-state index contributed by atoms with van der Waals surface area (Å²) >= 11 is 12.1. The lowest BCUT2D eigenvalue weighted by Gasteiger charge is -2.41. The fourth-order valence-electron chi connectivity index (χ4n) is 5.89. The van der Waals surface area contributed by atoms with Crippen molar-refractivity contribution in [1.29, 1.82) is 0 Å². The summed E-state index contributed by atoms with van der Waals surface area (Å²) in [7, 11) is 1.34. The average Bonchev–Trinajstić information content (AvgIpc) is 3.03. The number of benzene rings is 2. The molecular formula is C31H36Cl2N8O4. The normalized spacial score (nSPS) is 19.4. The first-order chi connectivity index (χ1) is 21.7. The van der Waals surface area contributed by atoms with Crippen LogP contribution in [0.1, 0.15) is 37.3 Å². The maximum atomic E-state index is 13.8. The Morgan fingerprint density at radius 3 is 2.69 bits per heavy atom. The van der Waals surface area contributed by atoms with Crippen molar-refractivity contribution in [2.45, 2.75) is 37.8 Å². The van der Waals surface area contributed by atoms with Crippen LogP contribution < -0.4 is 32.4 Å². The number of nitrogens with one attached hydrogen (secondary N) is 1. The van der Waals surface area contributed by atoms with E-state index < -0.39 is 12.1 Å². The van der Waals surface area contributed by atoms with Gasteiger partial charge in [0.1, 0.15) is 11.2 Å². The second-order valence-corrected chi connectivity index (χ2v) is 11.9. The maximum Gasteiger partial charge on any atom is 0.409 e. The number of halogens is 2. The van der Waals surface area contributed by atoms with Gasteiger partial charge in [0, 0.05) is 42.0 Å². The van der Waals surface area contributed by atoms with Crippen molar-refractivity contribution in [3.63, 3.8) is 0 Å². The zero-order chi connectivity index (χ0) is 32.1. The predicted molar refractivity (Wildman–Crippen MR) is 175 cm³/mol. The van der Waals surface area contributed by atoms with Crippen LogP contribution in [-0.4, -0.2) is 65.8 Å². The van der Waals surface area contributed by atoms with Gasteiger partial charge in [-0.15, -0.1) is 0 Å². The third-order valence-corrected chi connectivity index (χ3v) is 8.44. The van der Waals surface area contributed by atoms with Crippen LogP contribution >= 0.6 is 23.2 Å². The molecule has 3 heterocycles. The number of nitrogens with two attached hydrogens (primary N) is 2. The number of piperazine rings is 1. The SMILES string of the molecule is COC(=O)N1CCN2c3cccc(c3)C(n3cnc(-c4cc(Cl)ccc4N(N)/C=C(\N)Cl)cc3=O)CCCCCNC(=O)C2C1. The van der Waals surface area contributed by atoms with E-state index in [4.69, 9.17) is 39.5 Å². The lowest BCUT2D eigenvalue weighted by molar-refractivity contribution is -0.123. The van der Waals surface area contributed by atoms with Crippen LogP contribution in [0.2, 0.25) is 5.02 Å². The number of ether oxygens (including phenoxy) is 1. The number of carbonyl (C=O) groups excluding carboxylic acids is 2.